The first kappa shape index (κ1) is 10.8. The summed E-state index contributed by atoms with van der Waals surface area (Å²) in [6, 6.07) is 16.7. The summed E-state index contributed by atoms with van der Waals surface area (Å²) in [5.74, 6) is 0. The molecule has 0 amide bonds. The lowest BCUT2D eigenvalue weighted by Crippen LogP contribution is -1.96. The van der Waals surface area contributed by atoms with Crippen molar-refractivity contribution in [3.8, 4) is 5.69 Å². The molecule has 0 saturated heterocycles. The molecule has 0 fully saturated rings. The van der Waals surface area contributed by atoms with Crippen LogP contribution in [0.4, 0.5) is 0 Å². The standard InChI is InChI=1S/C14H11IN2/c1-10-6-8-11(9-7-10)17-13-5-3-2-4-12(13)14(15)16-17/h2-9H,1H3. The molecule has 0 spiro atoms. The molecule has 3 heteroatoms. The first-order valence-electron chi connectivity index (χ1n) is 5.46. The van der Waals surface area contributed by atoms with Gasteiger partial charge in [-0.3, -0.25) is 0 Å². The number of nitrogens with zero attached hydrogens (tertiary/aromatic N) is 2. The summed E-state index contributed by atoms with van der Waals surface area (Å²) in [6.45, 7) is 2.09. The lowest BCUT2D eigenvalue weighted by atomic mass is 10.2. The predicted molar refractivity (Wildman–Crippen MR) is 78.5 cm³/mol. The van der Waals surface area contributed by atoms with E-state index in [-0.39, 0.29) is 0 Å². The summed E-state index contributed by atoms with van der Waals surface area (Å²) in [4.78, 5) is 0. The summed E-state index contributed by atoms with van der Waals surface area (Å²) in [5.41, 5.74) is 3.52. The largest absolute Gasteiger partial charge is 0.232 e. The van der Waals surface area contributed by atoms with E-state index < -0.39 is 0 Å². The molecule has 0 aliphatic rings. The van der Waals surface area contributed by atoms with E-state index in [0.29, 0.717) is 0 Å². The molecule has 1 aromatic heterocycles. The number of rotatable bonds is 1. The third kappa shape index (κ3) is 1.84. The zero-order chi connectivity index (χ0) is 11.8. The Morgan fingerprint density at radius 3 is 2.47 bits per heavy atom. The van der Waals surface area contributed by atoms with Gasteiger partial charge in [-0.1, -0.05) is 35.9 Å². The van der Waals surface area contributed by atoms with Gasteiger partial charge in [0.05, 0.1) is 11.2 Å². The first-order valence-corrected chi connectivity index (χ1v) is 6.54. The van der Waals surface area contributed by atoms with Crippen molar-refractivity contribution in [3.63, 3.8) is 0 Å². The van der Waals surface area contributed by atoms with E-state index in [4.69, 9.17) is 0 Å². The normalized spacial score (nSPS) is 10.9. The van der Waals surface area contributed by atoms with Crippen LogP contribution in [0.1, 0.15) is 5.56 Å². The van der Waals surface area contributed by atoms with Crippen LogP contribution in [0.25, 0.3) is 16.6 Å². The predicted octanol–water partition coefficient (Wildman–Crippen LogP) is 3.94. The van der Waals surface area contributed by atoms with E-state index in [2.05, 4.69) is 71.0 Å². The van der Waals surface area contributed by atoms with Crippen LogP contribution in [-0.2, 0) is 0 Å². The number of halogens is 1. The Morgan fingerprint density at radius 2 is 1.71 bits per heavy atom. The highest BCUT2D eigenvalue weighted by atomic mass is 127. The van der Waals surface area contributed by atoms with Crippen molar-refractivity contribution in [2.45, 2.75) is 6.92 Å². The van der Waals surface area contributed by atoms with Crippen molar-refractivity contribution < 1.29 is 0 Å². The molecule has 17 heavy (non-hydrogen) atoms. The second kappa shape index (κ2) is 4.14. The summed E-state index contributed by atoms with van der Waals surface area (Å²) < 4.78 is 3.04. The Kier molecular flexibility index (Phi) is 2.63. The minimum atomic E-state index is 1.04. The topological polar surface area (TPSA) is 17.8 Å². The number of fused-ring (bicyclic) bond motifs is 1. The fourth-order valence-electron chi connectivity index (χ4n) is 1.91. The van der Waals surface area contributed by atoms with Gasteiger partial charge in [0.15, 0.2) is 0 Å². The molecule has 0 aliphatic carbocycles. The van der Waals surface area contributed by atoms with Crippen molar-refractivity contribution in [1.82, 2.24) is 9.78 Å². The minimum absolute atomic E-state index is 1.04. The molecule has 0 N–H and O–H groups in total. The maximum Gasteiger partial charge on any atom is 0.131 e. The third-order valence-corrected chi connectivity index (χ3v) is 3.62. The molecular weight excluding hydrogens is 323 g/mol. The van der Waals surface area contributed by atoms with E-state index >= 15 is 0 Å². The van der Waals surface area contributed by atoms with Crippen LogP contribution in [0.3, 0.4) is 0 Å². The number of aryl methyl sites for hydroxylation is 1. The van der Waals surface area contributed by atoms with Crippen LogP contribution in [-0.4, -0.2) is 9.78 Å². The van der Waals surface area contributed by atoms with Gasteiger partial charge in [-0.05, 0) is 47.7 Å². The Hall–Kier alpha value is -1.36. The van der Waals surface area contributed by atoms with Gasteiger partial charge < -0.3 is 0 Å². The Balaban J connectivity index is 2.27. The zero-order valence-electron chi connectivity index (χ0n) is 9.39. The van der Waals surface area contributed by atoms with Crippen molar-refractivity contribution in [3.05, 3.63) is 57.8 Å². The Morgan fingerprint density at radius 1 is 1.00 bits per heavy atom. The molecule has 0 saturated carbocycles. The number of benzene rings is 2. The van der Waals surface area contributed by atoms with Gasteiger partial charge in [-0.25, -0.2) is 4.68 Å². The van der Waals surface area contributed by atoms with Gasteiger partial charge in [0, 0.05) is 5.39 Å². The quantitative estimate of drug-likeness (QED) is 0.617. The van der Waals surface area contributed by atoms with Crippen molar-refractivity contribution in [2.24, 2.45) is 0 Å². The average Bonchev–Trinajstić information content (AvgIpc) is 2.69. The fraction of sp³-hybridized carbons (Fsp3) is 0.0714. The van der Waals surface area contributed by atoms with Crippen LogP contribution in [0.5, 0.6) is 0 Å². The van der Waals surface area contributed by atoms with Gasteiger partial charge in [-0.15, -0.1) is 0 Å². The molecule has 0 radical (unpaired) electrons. The smallest absolute Gasteiger partial charge is 0.131 e. The van der Waals surface area contributed by atoms with Gasteiger partial charge in [-0.2, -0.15) is 5.10 Å². The van der Waals surface area contributed by atoms with Crippen LogP contribution < -0.4 is 0 Å². The van der Waals surface area contributed by atoms with E-state index in [1.807, 2.05) is 16.8 Å². The summed E-state index contributed by atoms with van der Waals surface area (Å²) >= 11 is 2.28. The van der Waals surface area contributed by atoms with Crippen LogP contribution >= 0.6 is 22.6 Å². The van der Waals surface area contributed by atoms with Gasteiger partial charge in [0.25, 0.3) is 0 Å². The van der Waals surface area contributed by atoms with Gasteiger partial charge in [0.1, 0.15) is 3.70 Å². The lowest BCUT2D eigenvalue weighted by Gasteiger charge is -2.03. The van der Waals surface area contributed by atoms with Crippen LogP contribution in [0.15, 0.2) is 48.5 Å². The molecular formula is C14H11IN2. The van der Waals surface area contributed by atoms with E-state index in [1.165, 1.54) is 10.9 Å². The van der Waals surface area contributed by atoms with Gasteiger partial charge in [0.2, 0.25) is 0 Å². The summed E-state index contributed by atoms with van der Waals surface area (Å²) in [6.07, 6.45) is 0. The third-order valence-electron chi connectivity index (χ3n) is 2.82. The van der Waals surface area contributed by atoms with Crippen LogP contribution in [0, 0.1) is 10.6 Å². The second-order valence-corrected chi connectivity index (χ2v) is 5.08. The molecule has 3 aromatic rings. The Bertz CT molecular complexity index is 668. The highest BCUT2D eigenvalue weighted by molar-refractivity contribution is 14.1. The van der Waals surface area contributed by atoms with E-state index in [1.54, 1.807) is 0 Å². The first-order chi connectivity index (χ1) is 8.25. The maximum absolute atomic E-state index is 4.59. The highest BCUT2D eigenvalue weighted by Crippen LogP contribution is 2.23. The van der Waals surface area contributed by atoms with Crippen molar-refractivity contribution in [1.29, 1.82) is 0 Å². The van der Waals surface area contributed by atoms with Gasteiger partial charge >= 0.3 is 0 Å². The lowest BCUT2D eigenvalue weighted by molar-refractivity contribution is 0.897. The Labute approximate surface area is 113 Å². The molecule has 0 aliphatic heterocycles. The average molecular weight is 334 g/mol. The van der Waals surface area contributed by atoms with Crippen molar-refractivity contribution >= 4 is 33.5 Å². The summed E-state index contributed by atoms with van der Waals surface area (Å²) in [5, 5.41) is 5.80. The van der Waals surface area contributed by atoms with Crippen LogP contribution in [0.2, 0.25) is 0 Å². The molecule has 3 rings (SSSR count). The minimum Gasteiger partial charge on any atom is -0.232 e. The molecule has 2 aromatic carbocycles. The number of para-hydroxylation sites is 1. The summed E-state index contributed by atoms with van der Waals surface area (Å²) in [7, 11) is 0. The maximum atomic E-state index is 4.59. The molecule has 84 valence electrons. The number of hydrogen-bond donors (Lipinski definition) is 0. The zero-order valence-corrected chi connectivity index (χ0v) is 11.5. The monoisotopic (exact) mass is 334 g/mol. The van der Waals surface area contributed by atoms with E-state index in [9.17, 15) is 0 Å². The molecule has 0 atom stereocenters. The number of hydrogen-bond acceptors (Lipinski definition) is 1. The van der Waals surface area contributed by atoms with Crippen molar-refractivity contribution in [2.75, 3.05) is 0 Å². The highest BCUT2D eigenvalue weighted by Gasteiger charge is 2.08. The molecule has 1 heterocycles. The second-order valence-electron chi connectivity index (χ2n) is 4.06. The SMILES string of the molecule is Cc1ccc(-n2nc(I)c3ccccc32)cc1. The molecule has 2 nitrogen and oxygen atoms in total. The molecule has 0 bridgehead atoms. The fourth-order valence-corrected chi connectivity index (χ4v) is 2.58. The van der Waals surface area contributed by atoms with E-state index in [0.717, 1.165) is 14.9 Å². The molecule has 0 unspecified atom stereocenters. The number of aromatic nitrogens is 2.